The zero-order valence-corrected chi connectivity index (χ0v) is 11.9. The first-order valence-corrected chi connectivity index (χ1v) is 7.12. The second-order valence-corrected chi connectivity index (χ2v) is 4.93. The van der Waals surface area contributed by atoms with Crippen LogP contribution in [0.1, 0.15) is 37.3 Å². The summed E-state index contributed by atoms with van der Waals surface area (Å²) in [6.07, 6.45) is 4.85. The fraction of sp³-hybridized carbons (Fsp3) is 0.333. The Kier molecular flexibility index (Phi) is 5.02. The van der Waals surface area contributed by atoms with Gasteiger partial charge in [-0.2, -0.15) is 0 Å². The van der Waals surface area contributed by atoms with E-state index in [1.807, 2.05) is 24.3 Å². The molecule has 0 bridgehead atoms. The Morgan fingerprint density at radius 2 is 1.53 bits per heavy atom. The standard InChI is InChI=1S/C18H22O/c1-3-4-5-11-16-12-7-9-14-18(16)19-17-13-8-6-10-15(17)2/h6-10,12-14H,3-5,11H2,1-2H3. The largest absolute Gasteiger partial charge is 0.457 e. The fourth-order valence-electron chi connectivity index (χ4n) is 2.16. The summed E-state index contributed by atoms with van der Waals surface area (Å²) in [6.45, 7) is 4.31. The molecule has 0 atom stereocenters. The van der Waals surface area contributed by atoms with Crippen molar-refractivity contribution >= 4 is 0 Å². The van der Waals surface area contributed by atoms with Crippen LogP contribution in [0.5, 0.6) is 11.5 Å². The molecule has 2 aromatic carbocycles. The minimum atomic E-state index is 0.949. The van der Waals surface area contributed by atoms with Crippen molar-refractivity contribution in [3.63, 3.8) is 0 Å². The van der Waals surface area contributed by atoms with Crippen LogP contribution in [0.15, 0.2) is 48.5 Å². The number of hydrogen-bond donors (Lipinski definition) is 0. The van der Waals surface area contributed by atoms with E-state index in [0.717, 1.165) is 17.9 Å². The van der Waals surface area contributed by atoms with Crippen molar-refractivity contribution < 1.29 is 4.74 Å². The third kappa shape index (κ3) is 3.85. The van der Waals surface area contributed by atoms with Crippen LogP contribution < -0.4 is 4.74 Å². The zero-order valence-electron chi connectivity index (χ0n) is 11.9. The zero-order chi connectivity index (χ0) is 13.5. The summed E-state index contributed by atoms with van der Waals surface area (Å²) in [7, 11) is 0. The van der Waals surface area contributed by atoms with Crippen molar-refractivity contribution in [1.82, 2.24) is 0 Å². The van der Waals surface area contributed by atoms with Gasteiger partial charge in [0.15, 0.2) is 0 Å². The van der Waals surface area contributed by atoms with Crippen LogP contribution in [0.4, 0.5) is 0 Å². The Morgan fingerprint density at radius 1 is 0.842 bits per heavy atom. The lowest BCUT2D eigenvalue weighted by Gasteiger charge is -2.12. The van der Waals surface area contributed by atoms with E-state index in [1.165, 1.54) is 30.4 Å². The lowest BCUT2D eigenvalue weighted by Crippen LogP contribution is -1.93. The van der Waals surface area contributed by atoms with Crippen LogP contribution in [0, 0.1) is 6.92 Å². The minimum Gasteiger partial charge on any atom is -0.457 e. The van der Waals surface area contributed by atoms with Crippen molar-refractivity contribution in [2.75, 3.05) is 0 Å². The molecule has 1 heteroatoms. The highest BCUT2D eigenvalue weighted by atomic mass is 16.5. The van der Waals surface area contributed by atoms with Crippen LogP contribution >= 0.6 is 0 Å². The summed E-state index contributed by atoms with van der Waals surface area (Å²) in [5, 5.41) is 0. The van der Waals surface area contributed by atoms with Gasteiger partial charge in [-0.05, 0) is 43.0 Å². The number of hydrogen-bond acceptors (Lipinski definition) is 1. The number of aryl methyl sites for hydroxylation is 2. The third-order valence-electron chi connectivity index (χ3n) is 3.34. The second-order valence-electron chi connectivity index (χ2n) is 4.93. The molecule has 19 heavy (non-hydrogen) atoms. The average Bonchev–Trinajstić information content (AvgIpc) is 2.43. The van der Waals surface area contributed by atoms with Gasteiger partial charge in [0.2, 0.25) is 0 Å². The van der Waals surface area contributed by atoms with Crippen LogP contribution in [-0.4, -0.2) is 0 Å². The molecule has 0 radical (unpaired) electrons. The molecule has 100 valence electrons. The molecule has 1 nitrogen and oxygen atoms in total. The second kappa shape index (κ2) is 6.98. The van der Waals surface area contributed by atoms with E-state index in [4.69, 9.17) is 4.74 Å². The monoisotopic (exact) mass is 254 g/mol. The Labute approximate surface area is 116 Å². The predicted molar refractivity (Wildman–Crippen MR) is 80.9 cm³/mol. The molecule has 0 fully saturated rings. The molecule has 0 saturated carbocycles. The fourth-order valence-corrected chi connectivity index (χ4v) is 2.16. The van der Waals surface area contributed by atoms with Crippen molar-refractivity contribution in [2.24, 2.45) is 0 Å². The highest BCUT2D eigenvalue weighted by molar-refractivity contribution is 5.40. The van der Waals surface area contributed by atoms with Crippen molar-refractivity contribution in [1.29, 1.82) is 0 Å². The number of para-hydroxylation sites is 2. The van der Waals surface area contributed by atoms with Gasteiger partial charge in [-0.3, -0.25) is 0 Å². The maximum atomic E-state index is 6.07. The van der Waals surface area contributed by atoms with Crippen LogP contribution in [-0.2, 0) is 6.42 Å². The minimum absolute atomic E-state index is 0.949. The number of benzene rings is 2. The smallest absolute Gasteiger partial charge is 0.130 e. The number of ether oxygens (including phenoxy) is 1. The van der Waals surface area contributed by atoms with E-state index in [-0.39, 0.29) is 0 Å². The summed E-state index contributed by atoms with van der Waals surface area (Å²) in [6, 6.07) is 16.5. The van der Waals surface area contributed by atoms with Crippen molar-refractivity contribution in [3.8, 4) is 11.5 Å². The van der Waals surface area contributed by atoms with Gasteiger partial charge in [0.25, 0.3) is 0 Å². The van der Waals surface area contributed by atoms with E-state index in [0.29, 0.717) is 0 Å². The summed E-state index contributed by atoms with van der Waals surface area (Å²) in [5.74, 6) is 1.94. The van der Waals surface area contributed by atoms with Gasteiger partial charge in [-0.15, -0.1) is 0 Å². The number of unbranched alkanes of at least 4 members (excludes halogenated alkanes) is 2. The van der Waals surface area contributed by atoms with Gasteiger partial charge in [-0.25, -0.2) is 0 Å². The van der Waals surface area contributed by atoms with E-state index in [2.05, 4.69) is 38.1 Å². The SMILES string of the molecule is CCCCCc1ccccc1Oc1ccccc1C. The molecule has 0 spiro atoms. The van der Waals surface area contributed by atoms with Crippen molar-refractivity contribution in [3.05, 3.63) is 59.7 Å². The molecule has 0 heterocycles. The molecular formula is C18H22O. The lowest BCUT2D eigenvalue weighted by molar-refractivity contribution is 0.471. The van der Waals surface area contributed by atoms with Crippen LogP contribution in [0.2, 0.25) is 0 Å². The lowest BCUT2D eigenvalue weighted by atomic mass is 10.1. The summed E-state index contributed by atoms with van der Waals surface area (Å²) < 4.78 is 6.07. The van der Waals surface area contributed by atoms with Crippen LogP contribution in [0.25, 0.3) is 0 Å². The first-order valence-electron chi connectivity index (χ1n) is 7.12. The number of rotatable bonds is 6. The summed E-state index contributed by atoms with van der Waals surface area (Å²) in [5.41, 5.74) is 2.48. The molecule has 0 aliphatic carbocycles. The van der Waals surface area contributed by atoms with E-state index < -0.39 is 0 Å². The van der Waals surface area contributed by atoms with Gasteiger partial charge >= 0.3 is 0 Å². The van der Waals surface area contributed by atoms with E-state index >= 15 is 0 Å². The topological polar surface area (TPSA) is 9.23 Å². The highest BCUT2D eigenvalue weighted by Gasteiger charge is 2.05. The molecule has 0 aliphatic heterocycles. The van der Waals surface area contributed by atoms with Gasteiger partial charge in [0, 0.05) is 0 Å². The van der Waals surface area contributed by atoms with Crippen LogP contribution in [0.3, 0.4) is 0 Å². The Bertz CT molecular complexity index is 517. The third-order valence-corrected chi connectivity index (χ3v) is 3.34. The quantitative estimate of drug-likeness (QED) is 0.617. The molecule has 0 aromatic heterocycles. The van der Waals surface area contributed by atoms with Gasteiger partial charge in [0.1, 0.15) is 11.5 Å². The molecule has 2 rings (SSSR count). The summed E-state index contributed by atoms with van der Waals surface area (Å²) >= 11 is 0. The Morgan fingerprint density at radius 3 is 2.26 bits per heavy atom. The normalized spacial score (nSPS) is 10.4. The summed E-state index contributed by atoms with van der Waals surface area (Å²) in [4.78, 5) is 0. The van der Waals surface area contributed by atoms with E-state index in [1.54, 1.807) is 0 Å². The molecule has 0 amide bonds. The highest BCUT2D eigenvalue weighted by Crippen LogP contribution is 2.28. The van der Waals surface area contributed by atoms with Gasteiger partial charge in [-0.1, -0.05) is 56.2 Å². The van der Waals surface area contributed by atoms with Gasteiger partial charge < -0.3 is 4.74 Å². The van der Waals surface area contributed by atoms with Gasteiger partial charge in [0.05, 0.1) is 0 Å². The maximum Gasteiger partial charge on any atom is 0.130 e. The molecule has 0 N–H and O–H groups in total. The first-order chi connectivity index (χ1) is 9.31. The van der Waals surface area contributed by atoms with E-state index in [9.17, 15) is 0 Å². The average molecular weight is 254 g/mol. The molecule has 0 unspecified atom stereocenters. The Hall–Kier alpha value is -1.76. The maximum absolute atomic E-state index is 6.07. The molecule has 0 saturated heterocycles. The first kappa shape index (κ1) is 13.7. The van der Waals surface area contributed by atoms with Crippen molar-refractivity contribution in [2.45, 2.75) is 39.5 Å². The molecular weight excluding hydrogens is 232 g/mol. The Balaban J connectivity index is 2.13. The molecule has 2 aromatic rings. The molecule has 0 aliphatic rings. The predicted octanol–water partition coefficient (Wildman–Crippen LogP) is 5.52.